The van der Waals surface area contributed by atoms with Gasteiger partial charge in [0.2, 0.25) is 5.91 Å². The van der Waals surface area contributed by atoms with E-state index in [1.807, 2.05) is 12.1 Å². The average Bonchev–Trinajstić information content (AvgIpc) is 3.32. The van der Waals surface area contributed by atoms with Crippen LogP contribution in [0.25, 0.3) is 0 Å². The Kier molecular flexibility index (Phi) is 12.4. The van der Waals surface area contributed by atoms with Crippen molar-refractivity contribution in [2.75, 3.05) is 26.4 Å². The summed E-state index contributed by atoms with van der Waals surface area (Å²) in [6.45, 7) is 6.80. The van der Waals surface area contributed by atoms with Gasteiger partial charge in [-0.15, -0.1) is 0 Å². The molecular weight excluding hydrogens is 462 g/mol. The zero-order valence-electron chi connectivity index (χ0n) is 22.4. The van der Waals surface area contributed by atoms with Gasteiger partial charge in [0.05, 0.1) is 13.2 Å². The first kappa shape index (κ1) is 29.8. The van der Waals surface area contributed by atoms with E-state index in [0.29, 0.717) is 26.1 Å². The van der Waals surface area contributed by atoms with Crippen molar-refractivity contribution < 1.29 is 33.3 Å². The zero-order valence-corrected chi connectivity index (χ0v) is 22.4. The number of rotatable bonds is 16. The van der Waals surface area contributed by atoms with Gasteiger partial charge in [0.25, 0.3) is 0 Å². The number of unbranched alkanes of at least 4 members (excludes halogenated alkanes) is 5. The van der Waals surface area contributed by atoms with E-state index in [2.05, 4.69) is 24.4 Å². The molecule has 1 saturated heterocycles. The maximum absolute atomic E-state index is 12.0. The topological polar surface area (TPSA) is 100 Å². The van der Waals surface area contributed by atoms with Gasteiger partial charge in [0, 0.05) is 32.8 Å². The lowest BCUT2D eigenvalue weighted by molar-refractivity contribution is -0.178. The Hall–Kier alpha value is -2.45. The fourth-order valence-electron chi connectivity index (χ4n) is 4.52. The molecule has 1 aromatic carbocycles. The van der Waals surface area contributed by atoms with Crippen LogP contribution in [0.1, 0.15) is 90.2 Å². The molecule has 1 aromatic rings. The molecule has 1 amide bonds. The fraction of sp³-hybridized carbons (Fsp3) is 0.679. The Bertz CT molecular complexity index is 813. The van der Waals surface area contributed by atoms with Crippen molar-refractivity contribution in [2.45, 2.75) is 96.8 Å². The maximum atomic E-state index is 12.0. The molecular formula is C28H43NO7. The highest BCUT2D eigenvalue weighted by atomic mass is 16.7. The van der Waals surface area contributed by atoms with E-state index in [0.717, 1.165) is 12.0 Å². The van der Waals surface area contributed by atoms with Crippen molar-refractivity contribution in [3.05, 3.63) is 35.4 Å². The smallest absolute Gasteiger partial charge is 0.302 e. The molecule has 1 N–H and O–H groups in total. The molecule has 1 fully saturated rings. The molecule has 0 unspecified atom stereocenters. The van der Waals surface area contributed by atoms with Gasteiger partial charge < -0.3 is 24.3 Å². The van der Waals surface area contributed by atoms with Gasteiger partial charge >= 0.3 is 11.9 Å². The predicted octanol–water partition coefficient (Wildman–Crippen LogP) is 4.57. The number of aryl methyl sites for hydroxylation is 1. The van der Waals surface area contributed by atoms with E-state index < -0.39 is 23.3 Å². The van der Waals surface area contributed by atoms with Gasteiger partial charge in [-0.3, -0.25) is 14.4 Å². The largest absolute Gasteiger partial charge is 0.463 e. The van der Waals surface area contributed by atoms with Gasteiger partial charge in [-0.1, -0.05) is 63.3 Å². The van der Waals surface area contributed by atoms with E-state index >= 15 is 0 Å². The van der Waals surface area contributed by atoms with E-state index in [-0.39, 0.29) is 19.1 Å². The standard InChI is InChI=1S/C28H43NO7/c1-5-6-7-8-9-10-11-25-12-14-26(15-13-25)28(35-18-19-36-28)17-16-27(29-22(2)30,20-33-23(3)31)21-34-24(4)32/h12-15H,5-11,16-21H2,1-4H3,(H,29,30). The lowest BCUT2D eigenvalue weighted by Gasteiger charge is -2.36. The van der Waals surface area contributed by atoms with Crippen LogP contribution < -0.4 is 5.32 Å². The number of hydrogen-bond donors (Lipinski definition) is 1. The highest BCUT2D eigenvalue weighted by Gasteiger charge is 2.43. The monoisotopic (exact) mass is 505 g/mol. The summed E-state index contributed by atoms with van der Waals surface area (Å²) in [5, 5.41) is 2.84. The van der Waals surface area contributed by atoms with Crippen molar-refractivity contribution in [3.63, 3.8) is 0 Å². The number of nitrogens with one attached hydrogen (secondary N) is 1. The summed E-state index contributed by atoms with van der Waals surface area (Å²) in [6, 6.07) is 8.31. The normalized spacial score (nSPS) is 14.9. The summed E-state index contributed by atoms with van der Waals surface area (Å²) >= 11 is 0. The molecule has 0 radical (unpaired) electrons. The summed E-state index contributed by atoms with van der Waals surface area (Å²) in [6.07, 6.45) is 9.28. The molecule has 1 aliphatic heterocycles. The summed E-state index contributed by atoms with van der Waals surface area (Å²) in [5.41, 5.74) is 1.06. The summed E-state index contributed by atoms with van der Waals surface area (Å²) in [7, 11) is 0. The number of ether oxygens (including phenoxy) is 4. The minimum absolute atomic E-state index is 0.136. The number of benzene rings is 1. The predicted molar refractivity (Wildman–Crippen MR) is 136 cm³/mol. The average molecular weight is 506 g/mol. The summed E-state index contributed by atoms with van der Waals surface area (Å²) in [4.78, 5) is 35.1. The second kappa shape index (κ2) is 15.0. The highest BCUT2D eigenvalue weighted by Crippen LogP contribution is 2.38. The second-order valence-corrected chi connectivity index (χ2v) is 9.69. The van der Waals surface area contributed by atoms with Gasteiger partial charge in [0.15, 0.2) is 5.79 Å². The lowest BCUT2D eigenvalue weighted by Crippen LogP contribution is -2.56. The summed E-state index contributed by atoms with van der Waals surface area (Å²) in [5.74, 6) is -2.29. The van der Waals surface area contributed by atoms with E-state index in [1.165, 1.54) is 64.9 Å². The van der Waals surface area contributed by atoms with Crippen molar-refractivity contribution >= 4 is 17.8 Å². The van der Waals surface area contributed by atoms with E-state index in [1.54, 1.807) is 0 Å². The molecule has 202 valence electrons. The van der Waals surface area contributed by atoms with Gasteiger partial charge in [0.1, 0.15) is 18.8 Å². The van der Waals surface area contributed by atoms with E-state index in [4.69, 9.17) is 18.9 Å². The van der Waals surface area contributed by atoms with E-state index in [9.17, 15) is 14.4 Å². The Morgan fingerprint density at radius 1 is 0.889 bits per heavy atom. The SMILES string of the molecule is CCCCCCCCc1ccc(C2(CCC(COC(C)=O)(COC(C)=O)NC(C)=O)OCCO2)cc1. The van der Waals surface area contributed by atoms with Crippen LogP contribution in [0.2, 0.25) is 0 Å². The zero-order chi connectivity index (χ0) is 26.4. The number of amides is 1. The number of carbonyl (C=O) groups excluding carboxylic acids is 3. The minimum Gasteiger partial charge on any atom is -0.463 e. The molecule has 8 heteroatoms. The number of carbonyl (C=O) groups is 3. The fourth-order valence-corrected chi connectivity index (χ4v) is 4.52. The van der Waals surface area contributed by atoms with Crippen LogP contribution in [0.3, 0.4) is 0 Å². The molecule has 0 bridgehead atoms. The Labute approximate surface area is 215 Å². The highest BCUT2D eigenvalue weighted by molar-refractivity contribution is 5.74. The van der Waals surface area contributed by atoms with Crippen molar-refractivity contribution in [1.29, 1.82) is 0 Å². The number of esters is 2. The van der Waals surface area contributed by atoms with Gasteiger partial charge in [-0.25, -0.2) is 0 Å². The first-order valence-corrected chi connectivity index (χ1v) is 13.1. The van der Waals surface area contributed by atoms with Crippen LogP contribution in [-0.2, 0) is 45.5 Å². The maximum Gasteiger partial charge on any atom is 0.302 e. The number of hydrogen-bond acceptors (Lipinski definition) is 7. The van der Waals surface area contributed by atoms with Crippen molar-refractivity contribution in [1.82, 2.24) is 5.32 Å². The molecule has 36 heavy (non-hydrogen) atoms. The Balaban J connectivity index is 2.12. The molecule has 8 nitrogen and oxygen atoms in total. The third-order valence-electron chi connectivity index (χ3n) is 6.44. The molecule has 0 atom stereocenters. The first-order chi connectivity index (χ1) is 17.2. The quantitative estimate of drug-likeness (QED) is 0.259. The molecule has 0 aromatic heterocycles. The molecule has 0 aliphatic carbocycles. The lowest BCUT2D eigenvalue weighted by atomic mass is 9.89. The van der Waals surface area contributed by atoms with Crippen molar-refractivity contribution in [3.8, 4) is 0 Å². The molecule has 1 aliphatic rings. The van der Waals surface area contributed by atoms with Gasteiger partial charge in [-0.05, 0) is 24.8 Å². The second-order valence-electron chi connectivity index (χ2n) is 9.69. The Morgan fingerprint density at radius 2 is 1.44 bits per heavy atom. The van der Waals surface area contributed by atoms with Crippen LogP contribution in [-0.4, -0.2) is 49.8 Å². The van der Waals surface area contributed by atoms with Crippen LogP contribution in [0.15, 0.2) is 24.3 Å². The molecule has 2 rings (SSSR count). The van der Waals surface area contributed by atoms with Crippen LogP contribution in [0, 0.1) is 0 Å². The van der Waals surface area contributed by atoms with Crippen LogP contribution in [0.4, 0.5) is 0 Å². The summed E-state index contributed by atoms with van der Waals surface area (Å²) < 4.78 is 22.7. The molecule has 1 heterocycles. The van der Waals surface area contributed by atoms with Crippen LogP contribution >= 0.6 is 0 Å². The third kappa shape index (κ3) is 9.90. The minimum atomic E-state index is -1.11. The van der Waals surface area contributed by atoms with Gasteiger partial charge in [-0.2, -0.15) is 0 Å². The van der Waals surface area contributed by atoms with Crippen molar-refractivity contribution in [2.24, 2.45) is 0 Å². The molecule has 0 saturated carbocycles. The Morgan fingerprint density at radius 3 is 1.97 bits per heavy atom. The molecule has 0 spiro atoms. The first-order valence-electron chi connectivity index (χ1n) is 13.1. The van der Waals surface area contributed by atoms with Crippen LogP contribution in [0.5, 0.6) is 0 Å². The third-order valence-corrected chi connectivity index (χ3v) is 6.44.